The topological polar surface area (TPSA) is 49.0 Å². The monoisotopic (exact) mass is 345 g/mol. The summed E-state index contributed by atoms with van der Waals surface area (Å²) in [6.07, 6.45) is 4.94. The molecular formula is C19H27N3OS. The molecule has 1 N–H and O–H groups in total. The normalized spacial score (nSPS) is 22.5. The molecule has 1 heterocycles. The van der Waals surface area contributed by atoms with Crippen molar-refractivity contribution < 1.29 is 4.79 Å². The van der Waals surface area contributed by atoms with Gasteiger partial charge in [0.2, 0.25) is 5.91 Å². The van der Waals surface area contributed by atoms with Gasteiger partial charge >= 0.3 is 0 Å². The number of carbonyl (C=O) groups excluding carboxylic acids is 1. The van der Waals surface area contributed by atoms with Gasteiger partial charge < -0.3 is 9.88 Å². The van der Waals surface area contributed by atoms with E-state index in [1.165, 1.54) is 19.3 Å². The van der Waals surface area contributed by atoms with Crippen molar-refractivity contribution in [3.8, 4) is 0 Å². The zero-order valence-corrected chi connectivity index (χ0v) is 15.6. The molecule has 3 unspecified atom stereocenters. The van der Waals surface area contributed by atoms with Gasteiger partial charge in [-0.15, -0.1) is 11.8 Å². The lowest BCUT2D eigenvalue weighted by Gasteiger charge is -2.36. The highest BCUT2D eigenvalue weighted by Gasteiger charge is 2.28. The largest absolute Gasteiger partial charge is 0.342 e. The molecule has 0 bridgehead atoms. The Bertz CT molecular complexity index is 666. The summed E-state index contributed by atoms with van der Waals surface area (Å²) in [6, 6.07) is 8.46. The van der Waals surface area contributed by atoms with Crippen molar-refractivity contribution in [3.05, 3.63) is 30.1 Å². The van der Waals surface area contributed by atoms with Gasteiger partial charge in [0, 0.05) is 13.1 Å². The fourth-order valence-corrected chi connectivity index (χ4v) is 4.46. The number of amides is 1. The van der Waals surface area contributed by atoms with Crippen LogP contribution in [-0.2, 0) is 4.79 Å². The molecule has 1 aromatic carbocycles. The first-order valence-corrected chi connectivity index (χ1v) is 9.93. The Morgan fingerprint density at radius 3 is 2.88 bits per heavy atom. The maximum Gasteiger partial charge on any atom is 0.232 e. The molecule has 0 saturated heterocycles. The van der Waals surface area contributed by atoms with E-state index in [0.717, 1.165) is 23.3 Å². The van der Waals surface area contributed by atoms with Crippen LogP contribution < -0.4 is 0 Å². The molecule has 1 aromatic heterocycles. The van der Waals surface area contributed by atoms with Crippen molar-refractivity contribution in [1.82, 2.24) is 14.9 Å². The van der Waals surface area contributed by atoms with Crippen molar-refractivity contribution in [2.24, 2.45) is 5.92 Å². The zero-order valence-electron chi connectivity index (χ0n) is 14.8. The van der Waals surface area contributed by atoms with Gasteiger partial charge in [-0.25, -0.2) is 4.98 Å². The van der Waals surface area contributed by atoms with Crippen LogP contribution in [0, 0.1) is 5.92 Å². The van der Waals surface area contributed by atoms with Crippen LogP contribution in [0.15, 0.2) is 24.3 Å². The summed E-state index contributed by atoms with van der Waals surface area (Å²) >= 11 is 1.66. The fraction of sp³-hybridized carbons (Fsp3) is 0.579. The molecule has 1 amide bonds. The van der Waals surface area contributed by atoms with Gasteiger partial charge in [0.05, 0.1) is 22.0 Å². The van der Waals surface area contributed by atoms with Gasteiger partial charge in [-0.2, -0.15) is 0 Å². The Hall–Kier alpha value is -1.49. The molecule has 3 rings (SSSR count). The molecule has 130 valence electrons. The number of rotatable bonds is 5. The fourth-order valence-electron chi connectivity index (χ4n) is 3.60. The second kappa shape index (κ2) is 7.60. The second-order valence-electron chi connectivity index (χ2n) is 6.93. The Morgan fingerprint density at radius 1 is 1.38 bits per heavy atom. The number of aromatic amines is 1. The number of carbonyl (C=O) groups is 1. The van der Waals surface area contributed by atoms with E-state index >= 15 is 0 Å². The Kier molecular flexibility index (Phi) is 5.49. The molecule has 1 fully saturated rings. The predicted octanol–water partition coefficient (Wildman–Crippen LogP) is 4.39. The molecule has 1 saturated carbocycles. The van der Waals surface area contributed by atoms with E-state index in [-0.39, 0.29) is 11.2 Å². The van der Waals surface area contributed by atoms with E-state index in [0.29, 0.717) is 17.7 Å². The number of nitrogens with zero attached hydrogens (tertiary/aromatic N) is 2. The van der Waals surface area contributed by atoms with Crippen LogP contribution in [-0.4, -0.2) is 39.6 Å². The first kappa shape index (κ1) is 17.3. The minimum atomic E-state index is 0.179. The minimum Gasteiger partial charge on any atom is -0.342 e. The van der Waals surface area contributed by atoms with Gasteiger partial charge in [0.1, 0.15) is 5.82 Å². The van der Waals surface area contributed by atoms with E-state index in [9.17, 15) is 4.79 Å². The first-order valence-electron chi connectivity index (χ1n) is 8.88. The number of aromatic nitrogens is 2. The Morgan fingerprint density at radius 2 is 2.12 bits per heavy atom. The molecule has 4 nitrogen and oxygen atoms in total. The number of nitrogens with one attached hydrogen (secondary N) is 1. The number of H-pyrrole nitrogens is 1. The van der Waals surface area contributed by atoms with Crippen LogP contribution in [0.1, 0.15) is 50.6 Å². The average Bonchev–Trinajstić information content (AvgIpc) is 3.03. The Balaban J connectivity index is 1.56. The van der Waals surface area contributed by atoms with E-state index in [1.54, 1.807) is 11.8 Å². The van der Waals surface area contributed by atoms with Crippen LogP contribution in [0.25, 0.3) is 11.0 Å². The van der Waals surface area contributed by atoms with E-state index in [1.807, 2.05) is 36.2 Å². The smallest absolute Gasteiger partial charge is 0.232 e. The highest BCUT2D eigenvalue weighted by atomic mass is 32.2. The molecule has 0 radical (unpaired) electrons. The maximum absolute atomic E-state index is 12.6. The lowest BCUT2D eigenvalue weighted by molar-refractivity contribution is -0.130. The number of thioether (sulfide) groups is 1. The van der Waals surface area contributed by atoms with Crippen molar-refractivity contribution in [3.63, 3.8) is 0 Å². The SMILES string of the molecule is CC(SCC(=O)N(C)C1CCCCC1C)c1nc2ccccc2[nH]1. The van der Waals surface area contributed by atoms with Gasteiger partial charge in [-0.3, -0.25) is 4.79 Å². The third-order valence-electron chi connectivity index (χ3n) is 5.21. The van der Waals surface area contributed by atoms with Crippen molar-refractivity contribution >= 4 is 28.7 Å². The maximum atomic E-state index is 12.6. The van der Waals surface area contributed by atoms with Gasteiger partial charge in [0.25, 0.3) is 0 Å². The number of para-hydroxylation sites is 2. The first-order chi connectivity index (χ1) is 11.6. The van der Waals surface area contributed by atoms with Crippen molar-refractivity contribution in [1.29, 1.82) is 0 Å². The molecule has 1 aliphatic rings. The highest BCUT2D eigenvalue weighted by molar-refractivity contribution is 8.00. The van der Waals surface area contributed by atoms with Crippen molar-refractivity contribution in [2.75, 3.05) is 12.8 Å². The van der Waals surface area contributed by atoms with E-state index in [2.05, 4.69) is 23.8 Å². The lowest BCUT2D eigenvalue weighted by atomic mass is 9.85. The van der Waals surface area contributed by atoms with Gasteiger partial charge in [-0.05, 0) is 37.8 Å². The van der Waals surface area contributed by atoms with Crippen LogP contribution in [0.2, 0.25) is 0 Å². The summed E-state index contributed by atoms with van der Waals surface area (Å²) in [5.74, 6) is 2.31. The van der Waals surface area contributed by atoms with Gasteiger partial charge in [-0.1, -0.05) is 31.9 Å². The third kappa shape index (κ3) is 3.77. The molecular weight excluding hydrogens is 318 g/mol. The molecule has 5 heteroatoms. The van der Waals surface area contributed by atoms with Crippen molar-refractivity contribution in [2.45, 2.75) is 50.8 Å². The molecule has 1 aliphatic carbocycles. The Labute approximate surface area is 148 Å². The van der Waals surface area contributed by atoms with Crippen LogP contribution >= 0.6 is 11.8 Å². The minimum absolute atomic E-state index is 0.179. The summed E-state index contributed by atoms with van der Waals surface area (Å²) in [6.45, 7) is 4.39. The molecule has 24 heavy (non-hydrogen) atoms. The lowest BCUT2D eigenvalue weighted by Crippen LogP contribution is -2.43. The number of hydrogen-bond donors (Lipinski definition) is 1. The summed E-state index contributed by atoms with van der Waals surface area (Å²) in [5, 5.41) is 0.179. The highest BCUT2D eigenvalue weighted by Crippen LogP contribution is 2.30. The molecule has 2 aromatic rings. The quantitative estimate of drug-likeness (QED) is 0.874. The number of benzene rings is 1. The molecule has 0 spiro atoms. The number of hydrogen-bond acceptors (Lipinski definition) is 3. The molecule has 0 aliphatic heterocycles. The summed E-state index contributed by atoms with van der Waals surface area (Å²) in [5.41, 5.74) is 2.04. The predicted molar refractivity (Wildman–Crippen MR) is 101 cm³/mol. The standard InChI is InChI=1S/C19H27N3OS/c1-13-8-4-7-11-17(13)22(3)18(23)12-24-14(2)19-20-15-9-5-6-10-16(15)21-19/h5-6,9-10,13-14,17H,4,7-8,11-12H2,1-3H3,(H,20,21). The van der Waals surface area contributed by atoms with Gasteiger partial charge in [0.15, 0.2) is 0 Å². The van der Waals surface area contributed by atoms with Crippen LogP contribution in [0.4, 0.5) is 0 Å². The summed E-state index contributed by atoms with van der Waals surface area (Å²) in [7, 11) is 1.97. The summed E-state index contributed by atoms with van der Waals surface area (Å²) in [4.78, 5) is 22.6. The van der Waals surface area contributed by atoms with E-state index in [4.69, 9.17) is 0 Å². The van der Waals surface area contributed by atoms with E-state index < -0.39 is 0 Å². The summed E-state index contributed by atoms with van der Waals surface area (Å²) < 4.78 is 0. The second-order valence-corrected chi connectivity index (χ2v) is 8.26. The third-order valence-corrected chi connectivity index (χ3v) is 6.34. The number of imidazole rings is 1. The average molecular weight is 346 g/mol. The van der Waals surface area contributed by atoms with Crippen LogP contribution in [0.5, 0.6) is 0 Å². The number of fused-ring (bicyclic) bond motifs is 1. The van der Waals surface area contributed by atoms with Crippen LogP contribution in [0.3, 0.4) is 0 Å². The zero-order chi connectivity index (χ0) is 17.1. The molecule has 3 atom stereocenters.